The van der Waals surface area contributed by atoms with Gasteiger partial charge in [0.1, 0.15) is 0 Å². The van der Waals surface area contributed by atoms with E-state index in [1.807, 2.05) is 0 Å². The Hall–Kier alpha value is -0.0400. The van der Waals surface area contributed by atoms with Crippen molar-refractivity contribution in [3.63, 3.8) is 0 Å². The van der Waals surface area contributed by atoms with Crippen LogP contribution in [0.4, 0.5) is 0 Å². The Labute approximate surface area is 109 Å². The molecule has 1 fully saturated rings. The van der Waals surface area contributed by atoms with Crippen LogP contribution in [0.25, 0.3) is 0 Å². The standard InChI is InChI=1S/C16H33N/c1-6-7-13(2)17-12-14-8-10-15(11-9-14)16(3,4)5/h13-15,17H,6-12H2,1-5H3. The molecule has 0 aromatic rings. The molecule has 1 aliphatic rings. The van der Waals surface area contributed by atoms with Gasteiger partial charge in [0.05, 0.1) is 0 Å². The third-order valence-corrected chi connectivity index (χ3v) is 4.55. The molecule has 102 valence electrons. The predicted octanol–water partition coefficient (Wildman–Crippen LogP) is 4.62. The summed E-state index contributed by atoms with van der Waals surface area (Å²) in [5.74, 6) is 1.89. The molecule has 1 N–H and O–H groups in total. The van der Waals surface area contributed by atoms with Crippen LogP contribution in [0.15, 0.2) is 0 Å². The summed E-state index contributed by atoms with van der Waals surface area (Å²) < 4.78 is 0. The lowest BCUT2D eigenvalue weighted by atomic mass is 9.70. The normalized spacial score (nSPS) is 28.1. The Morgan fingerprint density at radius 2 is 1.71 bits per heavy atom. The minimum absolute atomic E-state index is 0.522. The van der Waals surface area contributed by atoms with Gasteiger partial charge in [0, 0.05) is 6.04 Å². The molecule has 0 aliphatic heterocycles. The van der Waals surface area contributed by atoms with Crippen LogP contribution in [-0.2, 0) is 0 Å². The van der Waals surface area contributed by atoms with Crippen LogP contribution >= 0.6 is 0 Å². The van der Waals surface area contributed by atoms with Crippen LogP contribution < -0.4 is 5.32 Å². The molecule has 0 saturated heterocycles. The molecule has 0 bridgehead atoms. The maximum absolute atomic E-state index is 3.71. The monoisotopic (exact) mass is 239 g/mol. The van der Waals surface area contributed by atoms with Crippen LogP contribution in [0, 0.1) is 17.3 Å². The summed E-state index contributed by atoms with van der Waals surface area (Å²) in [7, 11) is 0. The van der Waals surface area contributed by atoms with E-state index in [1.54, 1.807) is 0 Å². The maximum atomic E-state index is 3.71. The van der Waals surface area contributed by atoms with Gasteiger partial charge >= 0.3 is 0 Å². The fraction of sp³-hybridized carbons (Fsp3) is 1.00. The Balaban J connectivity index is 2.19. The molecule has 0 aromatic carbocycles. The van der Waals surface area contributed by atoms with Crippen LogP contribution in [0.5, 0.6) is 0 Å². The largest absolute Gasteiger partial charge is 0.314 e. The molecule has 1 heteroatoms. The van der Waals surface area contributed by atoms with Gasteiger partial charge in [-0.25, -0.2) is 0 Å². The first-order valence-electron chi connectivity index (χ1n) is 7.66. The molecular formula is C16H33N. The second-order valence-corrected chi connectivity index (χ2v) is 7.18. The first kappa shape index (κ1) is 15.0. The molecular weight excluding hydrogens is 206 g/mol. The SMILES string of the molecule is CCCC(C)NCC1CCC(C(C)(C)C)CC1. The molecule has 1 aliphatic carbocycles. The lowest BCUT2D eigenvalue weighted by molar-refractivity contribution is 0.147. The van der Waals surface area contributed by atoms with Gasteiger partial charge < -0.3 is 5.32 Å². The van der Waals surface area contributed by atoms with E-state index in [0.29, 0.717) is 11.5 Å². The summed E-state index contributed by atoms with van der Waals surface area (Å²) in [5, 5.41) is 3.71. The quantitative estimate of drug-likeness (QED) is 0.738. The zero-order chi connectivity index (χ0) is 12.9. The first-order valence-corrected chi connectivity index (χ1v) is 7.66. The number of hydrogen-bond donors (Lipinski definition) is 1. The van der Waals surface area contributed by atoms with E-state index in [2.05, 4.69) is 39.9 Å². The second-order valence-electron chi connectivity index (χ2n) is 7.18. The molecule has 0 heterocycles. The molecule has 1 rings (SSSR count). The first-order chi connectivity index (χ1) is 7.93. The Morgan fingerprint density at radius 3 is 2.18 bits per heavy atom. The van der Waals surface area contributed by atoms with Crippen molar-refractivity contribution < 1.29 is 0 Å². The van der Waals surface area contributed by atoms with Gasteiger partial charge in [-0.15, -0.1) is 0 Å². The van der Waals surface area contributed by atoms with Gasteiger partial charge in [0.15, 0.2) is 0 Å². The summed E-state index contributed by atoms with van der Waals surface area (Å²) in [6.07, 6.45) is 8.37. The summed E-state index contributed by atoms with van der Waals surface area (Å²) in [6.45, 7) is 13.0. The minimum atomic E-state index is 0.522. The maximum Gasteiger partial charge on any atom is 0.00387 e. The molecule has 1 unspecified atom stereocenters. The van der Waals surface area contributed by atoms with Crippen molar-refractivity contribution in [3.05, 3.63) is 0 Å². The van der Waals surface area contributed by atoms with Gasteiger partial charge in [-0.2, -0.15) is 0 Å². The van der Waals surface area contributed by atoms with E-state index in [4.69, 9.17) is 0 Å². The number of hydrogen-bond acceptors (Lipinski definition) is 1. The highest BCUT2D eigenvalue weighted by molar-refractivity contribution is 4.81. The van der Waals surface area contributed by atoms with Gasteiger partial charge in [-0.3, -0.25) is 0 Å². The highest BCUT2D eigenvalue weighted by Gasteiger charge is 2.29. The second kappa shape index (κ2) is 6.78. The highest BCUT2D eigenvalue weighted by atomic mass is 14.9. The van der Waals surface area contributed by atoms with Crippen LogP contribution in [0.1, 0.15) is 73.1 Å². The highest BCUT2D eigenvalue weighted by Crippen LogP contribution is 2.39. The topological polar surface area (TPSA) is 12.0 Å². The van der Waals surface area contributed by atoms with E-state index in [-0.39, 0.29) is 0 Å². The van der Waals surface area contributed by atoms with Crippen molar-refractivity contribution in [2.24, 2.45) is 17.3 Å². The average molecular weight is 239 g/mol. The number of rotatable bonds is 5. The molecule has 1 saturated carbocycles. The zero-order valence-corrected chi connectivity index (χ0v) is 12.7. The van der Waals surface area contributed by atoms with Gasteiger partial charge in [0.25, 0.3) is 0 Å². The fourth-order valence-corrected chi connectivity index (χ4v) is 3.14. The summed E-state index contributed by atoms with van der Waals surface area (Å²) in [4.78, 5) is 0. The van der Waals surface area contributed by atoms with Crippen LogP contribution in [0.2, 0.25) is 0 Å². The van der Waals surface area contributed by atoms with Crippen molar-refractivity contribution in [3.8, 4) is 0 Å². The third kappa shape index (κ3) is 5.42. The van der Waals surface area contributed by atoms with E-state index >= 15 is 0 Å². The third-order valence-electron chi connectivity index (χ3n) is 4.55. The lowest BCUT2D eigenvalue weighted by Gasteiger charge is -2.37. The summed E-state index contributed by atoms with van der Waals surface area (Å²) in [5.41, 5.74) is 0.522. The van der Waals surface area contributed by atoms with Crippen molar-refractivity contribution in [1.29, 1.82) is 0 Å². The predicted molar refractivity (Wildman–Crippen MR) is 77.3 cm³/mol. The molecule has 1 atom stereocenters. The van der Waals surface area contributed by atoms with Gasteiger partial charge in [-0.1, -0.05) is 34.1 Å². The average Bonchev–Trinajstić information content (AvgIpc) is 2.26. The molecule has 1 nitrogen and oxygen atoms in total. The Morgan fingerprint density at radius 1 is 1.12 bits per heavy atom. The fourth-order valence-electron chi connectivity index (χ4n) is 3.14. The summed E-state index contributed by atoms with van der Waals surface area (Å²) in [6, 6.07) is 0.709. The Kier molecular flexibility index (Phi) is 5.99. The van der Waals surface area contributed by atoms with E-state index in [0.717, 1.165) is 11.8 Å². The van der Waals surface area contributed by atoms with Gasteiger partial charge in [-0.05, 0) is 62.8 Å². The van der Waals surface area contributed by atoms with E-state index < -0.39 is 0 Å². The van der Waals surface area contributed by atoms with Crippen LogP contribution in [-0.4, -0.2) is 12.6 Å². The molecule has 0 radical (unpaired) electrons. The van der Waals surface area contributed by atoms with Crippen LogP contribution in [0.3, 0.4) is 0 Å². The van der Waals surface area contributed by atoms with Crippen molar-refractivity contribution in [1.82, 2.24) is 5.32 Å². The van der Waals surface area contributed by atoms with Gasteiger partial charge in [0.2, 0.25) is 0 Å². The zero-order valence-electron chi connectivity index (χ0n) is 12.7. The van der Waals surface area contributed by atoms with Crippen molar-refractivity contribution in [2.45, 2.75) is 79.2 Å². The lowest BCUT2D eigenvalue weighted by Crippen LogP contribution is -2.34. The Bertz CT molecular complexity index is 196. The van der Waals surface area contributed by atoms with E-state index in [9.17, 15) is 0 Å². The molecule has 17 heavy (non-hydrogen) atoms. The smallest absolute Gasteiger partial charge is 0.00387 e. The number of nitrogens with one attached hydrogen (secondary N) is 1. The van der Waals surface area contributed by atoms with E-state index in [1.165, 1.54) is 45.1 Å². The van der Waals surface area contributed by atoms with Crippen molar-refractivity contribution >= 4 is 0 Å². The van der Waals surface area contributed by atoms with Crippen molar-refractivity contribution in [2.75, 3.05) is 6.54 Å². The minimum Gasteiger partial charge on any atom is -0.314 e. The molecule has 0 spiro atoms. The summed E-state index contributed by atoms with van der Waals surface area (Å²) >= 11 is 0. The molecule has 0 aromatic heterocycles. The molecule has 0 amide bonds.